The number of carbonyl (C=O) groups excluding carboxylic acids is 1. The van der Waals surface area contributed by atoms with E-state index in [1.165, 1.54) is 19.2 Å². The maximum Gasteiger partial charge on any atom is 0.241 e. The molecule has 1 amide bonds. The molecule has 0 bridgehead atoms. The third-order valence-corrected chi connectivity index (χ3v) is 7.52. The Hall–Kier alpha value is -3.82. The first-order chi connectivity index (χ1) is 17.3. The summed E-state index contributed by atoms with van der Waals surface area (Å²) in [5.41, 5.74) is 4.20. The van der Waals surface area contributed by atoms with Gasteiger partial charge in [0.15, 0.2) is 0 Å². The Bertz CT molecular complexity index is 1430. The van der Waals surface area contributed by atoms with Crippen LogP contribution in [0.4, 0.5) is 5.69 Å². The van der Waals surface area contributed by atoms with E-state index in [2.05, 4.69) is 27.2 Å². The van der Waals surface area contributed by atoms with E-state index in [9.17, 15) is 13.2 Å². The van der Waals surface area contributed by atoms with Crippen LogP contribution in [0.3, 0.4) is 0 Å². The minimum Gasteiger partial charge on any atom is -0.497 e. The van der Waals surface area contributed by atoms with Gasteiger partial charge in [-0.15, -0.1) is 0 Å². The molecule has 0 aliphatic heterocycles. The highest BCUT2D eigenvalue weighted by molar-refractivity contribution is 7.89. The molecule has 0 saturated heterocycles. The molecule has 9 heteroatoms. The lowest BCUT2D eigenvalue weighted by Gasteiger charge is -2.20. The first-order valence-corrected chi connectivity index (χ1v) is 13.0. The zero-order chi connectivity index (χ0) is 25.7. The molecule has 0 unspecified atom stereocenters. The fourth-order valence-electron chi connectivity index (χ4n) is 4.07. The number of anilines is 1. The van der Waals surface area contributed by atoms with Gasteiger partial charge < -0.3 is 19.9 Å². The summed E-state index contributed by atoms with van der Waals surface area (Å²) >= 11 is 0. The number of hydrogen-bond acceptors (Lipinski definition) is 5. The van der Waals surface area contributed by atoms with Gasteiger partial charge >= 0.3 is 0 Å². The normalized spacial score (nSPS) is 12.3. The molecule has 0 aliphatic carbocycles. The SMILES string of the molecule is COc1ccc(S(=O)(=O)NCC(=O)NC[C@H](c2ccc(N(C)C)cc2)c2c[nH]c3ccccc23)cc1. The van der Waals surface area contributed by atoms with Crippen molar-refractivity contribution in [1.82, 2.24) is 15.0 Å². The number of nitrogens with zero attached hydrogens (tertiary/aromatic N) is 1. The molecule has 3 N–H and O–H groups in total. The fourth-order valence-corrected chi connectivity index (χ4v) is 5.05. The van der Waals surface area contributed by atoms with E-state index in [1.54, 1.807) is 12.1 Å². The molecule has 0 saturated carbocycles. The second-order valence-corrected chi connectivity index (χ2v) is 10.4. The Morgan fingerprint density at radius 3 is 2.36 bits per heavy atom. The van der Waals surface area contributed by atoms with Crippen molar-refractivity contribution in [3.05, 3.63) is 90.1 Å². The number of aromatic nitrogens is 1. The number of sulfonamides is 1. The summed E-state index contributed by atoms with van der Waals surface area (Å²) in [6.07, 6.45) is 1.97. The van der Waals surface area contributed by atoms with Gasteiger partial charge in [0.25, 0.3) is 0 Å². The Kier molecular flexibility index (Phi) is 7.61. The first-order valence-electron chi connectivity index (χ1n) is 11.5. The monoisotopic (exact) mass is 506 g/mol. The minimum atomic E-state index is -3.83. The molecule has 36 heavy (non-hydrogen) atoms. The van der Waals surface area contributed by atoms with E-state index in [4.69, 9.17) is 4.74 Å². The summed E-state index contributed by atoms with van der Waals surface area (Å²) in [4.78, 5) is 18.1. The summed E-state index contributed by atoms with van der Waals surface area (Å²) in [5, 5.41) is 3.98. The van der Waals surface area contributed by atoms with Crippen LogP contribution in [0, 0.1) is 0 Å². The first kappa shape index (κ1) is 25.3. The number of fused-ring (bicyclic) bond motifs is 1. The highest BCUT2D eigenvalue weighted by Crippen LogP contribution is 2.31. The molecule has 0 fully saturated rings. The molecular weight excluding hydrogens is 476 g/mol. The quantitative estimate of drug-likeness (QED) is 0.306. The zero-order valence-electron chi connectivity index (χ0n) is 20.5. The van der Waals surface area contributed by atoms with Crippen LogP contribution in [-0.4, -0.2) is 53.6 Å². The van der Waals surface area contributed by atoms with Crippen molar-refractivity contribution >= 4 is 32.5 Å². The molecule has 0 radical (unpaired) electrons. The predicted octanol–water partition coefficient (Wildman–Crippen LogP) is 3.47. The van der Waals surface area contributed by atoms with Crippen molar-refractivity contribution < 1.29 is 17.9 Å². The van der Waals surface area contributed by atoms with Crippen LogP contribution in [0.1, 0.15) is 17.0 Å². The van der Waals surface area contributed by atoms with E-state index in [0.717, 1.165) is 27.7 Å². The maximum absolute atomic E-state index is 12.7. The zero-order valence-corrected chi connectivity index (χ0v) is 21.3. The molecule has 4 aromatic rings. The molecular formula is C27H30N4O4S. The van der Waals surface area contributed by atoms with Crippen molar-refractivity contribution in [2.45, 2.75) is 10.8 Å². The van der Waals surface area contributed by atoms with Crippen LogP contribution in [0.15, 0.2) is 83.9 Å². The second kappa shape index (κ2) is 10.8. The van der Waals surface area contributed by atoms with Gasteiger partial charge in [-0.2, -0.15) is 0 Å². The lowest BCUT2D eigenvalue weighted by Crippen LogP contribution is -2.38. The van der Waals surface area contributed by atoms with Crippen LogP contribution in [0.5, 0.6) is 5.75 Å². The lowest BCUT2D eigenvalue weighted by molar-refractivity contribution is -0.119. The van der Waals surface area contributed by atoms with Crippen molar-refractivity contribution in [1.29, 1.82) is 0 Å². The number of aromatic amines is 1. The van der Waals surface area contributed by atoms with Gasteiger partial charge in [0.1, 0.15) is 5.75 Å². The molecule has 1 heterocycles. The molecule has 4 rings (SSSR count). The summed E-state index contributed by atoms with van der Waals surface area (Å²) < 4.78 is 32.6. The Morgan fingerprint density at radius 2 is 1.69 bits per heavy atom. The number of methoxy groups -OCH3 is 1. The van der Waals surface area contributed by atoms with Gasteiger partial charge in [0, 0.05) is 49.3 Å². The highest BCUT2D eigenvalue weighted by atomic mass is 32.2. The van der Waals surface area contributed by atoms with Crippen LogP contribution in [0.25, 0.3) is 10.9 Å². The third kappa shape index (κ3) is 5.69. The average molecular weight is 507 g/mol. The van der Waals surface area contributed by atoms with Gasteiger partial charge in [-0.3, -0.25) is 4.79 Å². The average Bonchev–Trinajstić information content (AvgIpc) is 3.32. The lowest BCUT2D eigenvalue weighted by atomic mass is 9.90. The molecule has 1 atom stereocenters. The molecule has 8 nitrogen and oxygen atoms in total. The number of carbonyl (C=O) groups is 1. The molecule has 0 aliphatic rings. The Morgan fingerprint density at radius 1 is 1.00 bits per heavy atom. The molecule has 188 valence electrons. The van der Waals surface area contributed by atoms with E-state index in [1.807, 2.05) is 61.6 Å². The van der Waals surface area contributed by atoms with Crippen molar-refractivity contribution in [3.63, 3.8) is 0 Å². The number of nitrogens with one attached hydrogen (secondary N) is 3. The summed E-state index contributed by atoms with van der Waals surface area (Å²) in [5.74, 6) is 0.00924. The van der Waals surface area contributed by atoms with Crippen LogP contribution in [0.2, 0.25) is 0 Å². The van der Waals surface area contributed by atoms with E-state index < -0.39 is 15.9 Å². The fraction of sp³-hybridized carbons (Fsp3) is 0.222. The van der Waals surface area contributed by atoms with E-state index in [0.29, 0.717) is 12.3 Å². The van der Waals surface area contributed by atoms with Gasteiger partial charge in [-0.1, -0.05) is 30.3 Å². The summed E-state index contributed by atoms with van der Waals surface area (Å²) in [7, 11) is 1.65. The largest absolute Gasteiger partial charge is 0.497 e. The van der Waals surface area contributed by atoms with Gasteiger partial charge in [-0.25, -0.2) is 13.1 Å². The van der Waals surface area contributed by atoms with Gasteiger partial charge in [0.2, 0.25) is 15.9 Å². The maximum atomic E-state index is 12.7. The number of ether oxygens (including phenoxy) is 1. The van der Waals surface area contributed by atoms with Crippen LogP contribution < -0.4 is 19.7 Å². The number of para-hydroxylation sites is 1. The highest BCUT2D eigenvalue weighted by Gasteiger charge is 2.21. The van der Waals surface area contributed by atoms with Crippen LogP contribution in [-0.2, 0) is 14.8 Å². The minimum absolute atomic E-state index is 0.0637. The van der Waals surface area contributed by atoms with Gasteiger partial charge in [0.05, 0.1) is 18.6 Å². The Labute approximate surface area is 211 Å². The van der Waals surface area contributed by atoms with Crippen molar-refractivity contribution in [2.75, 3.05) is 39.2 Å². The third-order valence-electron chi connectivity index (χ3n) is 6.10. The molecule has 1 aromatic heterocycles. The number of H-pyrrole nitrogens is 1. The molecule has 0 spiro atoms. The van der Waals surface area contributed by atoms with Crippen molar-refractivity contribution in [3.8, 4) is 5.75 Å². The predicted molar refractivity (Wildman–Crippen MR) is 142 cm³/mol. The van der Waals surface area contributed by atoms with Gasteiger partial charge in [-0.05, 0) is 53.6 Å². The Balaban J connectivity index is 1.48. The number of benzene rings is 3. The van der Waals surface area contributed by atoms with Crippen molar-refractivity contribution in [2.24, 2.45) is 0 Å². The number of amides is 1. The molecule has 3 aromatic carbocycles. The van der Waals surface area contributed by atoms with E-state index in [-0.39, 0.29) is 17.4 Å². The standard InChI is InChI=1S/C27H30N4O4S/c1-31(2)20-10-8-19(9-11-20)24(25-17-28-26-7-5-4-6-23(25)26)16-29-27(32)18-30-36(33,34)22-14-12-21(35-3)13-15-22/h4-15,17,24,28,30H,16,18H2,1-3H3,(H,29,32)/t24-/m1/s1. The summed E-state index contributed by atoms with van der Waals surface area (Å²) in [6, 6.07) is 22.2. The summed E-state index contributed by atoms with van der Waals surface area (Å²) in [6.45, 7) is -0.0548. The second-order valence-electron chi connectivity index (χ2n) is 8.63. The number of rotatable bonds is 10. The number of hydrogen-bond donors (Lipinski definition) is 3. The van der Waals surface area contributed by atoms with E-state index >= 15 is 0 Å². The van der Waals surface area contributed by atoms with Crippen LogP contribution >= 0.6 is 0 Å². The topological polar surface area (TPSA) is 104 Å². The smallest absolute Gasteiger partial charge is 0.241 e.